The minimum atomic E-state index is -5.71. The third-order valence-electron chi connectivity index (χ3n) is 2.30. The van der Waals surface area contributed by atoms with E-state index in [4.69, 9.17) is 5.11 Å². The number of hydrogen-bond donors (Lipinski definition) is 1. The minimum absolute atomic E-state index is 0.469. The van der Waals surface area contributed by atoms with Crippen molar-refractivity contribution in [1.29, 1.82) is 0 Å². The highest BCUT2D eigenvalue weighted by atomic mass is 19.4. The molecule has 0 heterocycles. The van der Waals surface area contributed by atoms with Crippen LogP contribution >= 0.6 is 0 Å². The van der Waals surface area contributed by atoms with Crippen LogP contribution in [0.15, 0.2) is 18.2 Å². The first kappa shape index (κ1) is 17.2. The SMILES string of the molecule is O=C(O)c1cc(F)ccc1COC(C(F)(F)F)C(F)(F)F. The van der Waals surface area contributed by atoms with Gasteiger partial charge in [0.1, 0.15) is 5.82 Å². The van der Waals surface area contributed by atoms with Gasteiger partial charge in [0, 0.05) is 0 Å². The van der Waals surface area contributed by atoms with Gasteiger partial charge in [-0.25, -0.2) is 9.18 Å². The molecule has 0 saturated carbocycles. The molecule has 0 amide bonds. The predicted molar refractivity (Wildman–Crippen MR) is 54.0 cm³/mol. The lowest BCUT2D eigenvalue weighted by Gasteiger charge is -2.23. The van der Waals surface area contributed by atoms with Gasteiger partial charge in [0.15, 0.2) is 0 Å². The molecule has 0 unspecified atom stereocenters. The fourth-order valence-electron chi connectivity index (χ4n) is 1.42. The smallest absolute Gasteiger partial charge is 0.423 e. The van der Waals surface area contributed by atoms with Gasteiger partial charge in [-0.05, 0) is 17.7 Å². The van der Waals surface area contributed by atoms with Gasteiger partial charge in [-0.15, -0.1) is 0 Å². The maximum Gasteiger partial charge on any atom is 0.423 e. The van der Waals surface area contributed by atoms with E-state index in [0.717, 1.165) is 6.07 Å². The quantitative estimate of drug-likeness (QED) is 0.863. The molecule has 0 bridgehead atoms. The zero-order valence-electron chi connectivity index (χ0n) is 9.93. The van der Waals surface area contributed by atoms with Crippen molar-refractivity contribution >= 4 is 5.97 Å². The molecule has 0 spiro atoms. The highest BCUT2D eigenvalue weighted by Crippen LogP contribution is 2.36. The Kier molecular flexibility index (Phi) is 4.82. The van der Waals surface area contributed by atoms with Crippen LogP contribution in [0.4, 0.5) is 30.7 Å². The predicted octanol–water partition coefficient (Wildman–Crippen LogP) is 3.53. The van der Waals surface area contributed by atoms with E-state index in [0.29, 0.717) is 12.1 Å². The summed E-state index contributed by atoms with van der Waals surface area (Å²) in [6, 6.07) is 1.90. The summed E-state index contributed by atoms with van der Waals surface area (Å²) in [6.07, 6.45) is -15.5. The Morgan fingerprint density at radius 1 is 1.14 bits per heavy atom. The number of rotatable bonds is 4. The molecule has 0 saturated heterocycles. The Hall–Kier alpha value is -1.84. The fourth-order valence-corrected chi connectivity index (χ4v) is 1.42. The molecule has 1 N–H and O–H groups in total. The largest absolute Gasteiger partial charge is 0.478 e. The number of aromatic carboxylic acids is 1. The van der Waals surface area contributed by atoms with Crippen LogP contribution in [-0.2, 0) is 11.3 Å². The Labute approximate surface area is 112 Å². The monoisotopic (exact) mass is 320 g/mol. The van der Waals surface area contributed by atoms with E-state index in [2.05, 4.69) is 4.74 Å². The Morgan fingerprint density at radius 2 is 1.67 bits per heavy atom. The lowest BCUT2D eigenvalue weighted by atomic mass is 10.1. The zero-order chi connectivity index (χ0) is 16.4. The summed E-state index contributed by atoms with van der Waals surface area (Å²) in [5, 5.41) is 8.71. The molecule has 0 fully saturated rings. The van der Waals surface area contributed by atoms with Crippen molar-refractivity contribution in [3.63, 3.8) is 0 Å². The van der Waals surface area contributed by atoms with Crippen LogP contribution in [-0.4, -0.2) is 29.5 Å². The number of hydrogen-bond acceptors (Lipinski definition) is 2. The van der Waals surface area contributed by atoms with E-state index < -0.39 is 48.0 Å². The molecule has 10 heteroatoms. The number of carboxylic acids is 1. The number of benzene rings is 1. The normalized spacial score (nSPS) is 12.8. The summed E-state index contributed by atoms with van der Waals surface area (Å²) in [5.41, 5.74) is -1.29. The Bertz CT molecular complexity index is 508. The molecular weight excluding hydrogens is 313 g/mol. The molecule has 1 aromatic rings. The molecule has 0 radical (unpaired) electrons. The van der Waals surface area contributed by atoms with Crippen LogP contribution in [0.5, 0.6) is 0 Å². The second kappa shape index (κ2) is 5.88. The second-order valence-electron chi connectivity index (χ2n) is 3.88. The summed E-state index contributed by atoms with van der Waals surface area (Å²) in [6.45, 7) is -1.29. The lowest BCUT2D eigenvalue weighted by molar-refractivity contribution is -0.324. The molecule has 21 heavy (non-hydrogen) atoms. The van der Waals surface area contributed by atoms with Gasteiger partial charge in [0.2, 0.25) is 6.10 Å². The van der Waals surface area contributed by atoms with Crippen molar-refractivity contribution in [3.8, 4) is 0 Å². The van der Waals surface area contributed by atoms with Crippen LogP contribution in [0, 0.1) is 5.82 Å². The highest BCUT2D eigenvalue weighted by molar-refractivity contribution is 5.89. The van der Waals surface area contributed by atoms with Gasteiger partial charge in [-0.2, -0.15) is 26.3 Å². The number of alkyl halides is 6. The van der Waals surface area contributed by atoms with E-state index in [9.17, 15) is 35.5 Å². The first-order valence-corrected chi connectivity index (χ1v) is 5.19. The van der Waals surface area contributed by atoms with Crippen molar-refractivity contribution < 1.29 is 45.4 Å². The maximum atomic E-state index is 12.8. The van der Waals surface area contributed by atoms with Crippen molar-refractivity contribution in [2.75, 3.05) is 0 Å². The molecule has 1 rings (SSSR count). The summed E-state index contributed by atoms with van der Waals surface area (Å²) < 4.78 is 89.9. The first-order chi connectivity index (χ1) is 9.43. The van der Waals surface area contributed by atoms with E-state index in [1.54, 1.807) is 0 Å². The van der Waals surface area contributed by atoms with Gasteiger partial charge < -0.3 is 9.84 Å². The first-order valence-electron chi connectivity index (χ1n) is 5.19. The van der Waals surface area contributed by atoms with Crippen molar-refractivity contribution in [2.24, 2.45) is 0 Å². The van der Waals surface area contributed by atoms with E-state index in [1.165, 1.54) is 0 Å². The molecule has 1 aromatic carbocycles. The van der Waals surface area contributed by atoms with E-state index in [-0.39, 0.29) is 0 Å². The second-order valence-corrected chi connectivity index (χ2v) is 3.88. The third-order valence-corrected chi connectivity index (χ3v) is 2.30. The number of ether oxygens (including phenoxy) is 1. The third kappa shape index (κ3) is 4.59. The van der Waals surface area contributed by atoms with Gasteiger partial charge in [0.05, 0.1) is 12.2 Å². The maximum absolute atomic E-state index is 12.8. The molecule has 0 aromatic heterocycles. The van der Waals surface area contributed by atoms with Gasteiger partial charge in [0.25, 0.3) is 0 Å². The van der Waals surface area contributed by atoms with Gasteiger partial charge in [-0.1, -0.05) is 6.07 Å². The molecule has 0 atom stereocenters. The molecule has 0 aliphatic carbocycles. The number of carboxylic acid groups (broad SMARTS) is 1. The molecular formula is C11H7F7O3. The summed E-state index contributed by atoms with van der Waals surface area (Å²) in [5.74, 6) is -2.71. The minimum Gasteiger partial charge on any atom is -0.478 e. The van der Waals surface area contributed by atoms with E-state index >= 15 is 0 Å². The summed E-state index contributed by atoms with van der Waals surface area (Å²) >= 11 is 0. The van der Waals surface area contributed by atoms with Crippen LogP contribution in [0.1, 0.15) is 15.9 Å². The zero-order valence-corrected chi connectivity index (χ0v) is 9.93. The van der Waals surface area contributed by atoms with Crippen molar-refractivity contribution in [3.05, 3.63) is 35.1 Å². The average Bonchev–Trinajstić information content (AvgIpc) is 2.27. The standard InChI is InChI=1S/C11H7F7O3/c12-6-2-1-5(7(3-6)8(19)20)4-21-9(10(13,14)15)11(16,17)18/h1-3,9H,4H2,(H,19,20). The summed E-state index contributed by atoms with van der Waals surface area (Å²) in [4.78, 5) is 10.7. The molecule has 0 aliphatic heterocycles. The van der Waals surface area contributed by atoms with Crippen LogP contribution in [0.3, 0.4) is 0 Å². The topological polar surface area (TPSA) is 46.5 Å². The van der Waals surface area contributed by atoms with Gasteiger partial charge in [-0.3, -0.25) is 0 Å². The van der Waals surface area contributed by atoms with Crippen LogP contribution in [0.25, 0.3) is 0 Å². The average molecular weight is 320 g/mol. The van der Waals surface area contributed by atoms with Crippen LogP contribution < -0.4 is 0 Å². The Balaban J connectivity index is 2.99. The molecule has 3 nitrogen and oxygen atoms in total. The van der Waals surface area contributed by atoms with E-state index in [1.807, 2.05) is 0 Å². The van der Waals surface area contributed by atoms with Gasteiger partial charge >= 0.3 is 18.3 Å². The molecule has 0 aliphatic rings. The highest BCUT2D eigenvalue weighted by Gasteiger charge is 2.58. The number of halogens is 7. The van der Waals surface area contributed by atoms with Crippen molar-refractivity contribution in [1.82, 2.24) is 0 Å². The number of carbonyl (C=O) groups is 1. The van der Waals surface area contributed by atoms with Crippen molar-refractivity contribution in [2.45, 2.75) is 25.1 Å². The lowest BCUT2D eigenvalue weighted by Crippen LogP contribution is -2.44. The molecule has 118 valence electrons. The fraction of sp³-hybridized carbons (Fsp3) is 0.364. The summed E-state index contributed by atoms with van der Waals surface area (Å²) in [7, 11) is 0. The Morgan fingerprint density at radius 3 is 2.10 bits per heavy atom. The van der Waals surface area contributed by atoms with Crippen LogP contribution in [0.2, 0.25) is 0 Å².